The van der Waals surface area contributed by atoms with E-state index in [1.165, 1.54) is 22.5 Å². The van der Waals surface area contributed by atoms with E-state index in [1.807, 2.05) is 0 Å². The zero-order valence-electron chi connectivity index (χ0n) is 17.1. The van der Waals surface area contributed by atoms with Crippen LogP contribution in [0.3, 0.4) is 0 Å². The molecule has 0 radical (unpaired) electrons. The maximum absolute atomic E-state index is 12.9. The molecule has 9 nitrogen and oxygen atoms in total. The lowest BCUT2D eigenvalue weighted by Gasteiger charge is -2.34. The van der Waals surface area contributed by atoms with Crippen LogP contribution in [-0.4, -0.2) is 66.6 Å². The van der Waals surface area contributed by atoms with E-state index in [-0.39, 0.29) is 52.9 Å². The predicted octanol–water partition coefficient (Wildman–Crippen LogP) is 2.52. The van der Waals surface area contributed by atoms with Crippen LogP contribution in [0.4, 0.5) is 0 Å². The molecule has 172 valence electrons. The smallest absolute Gasteiger partial charge is 0.300 e. The number of rotatable bonds is 4. The Morgan fingerprint density at radius 2 is 1.50 bits per heavy atom. The first kappa shape index (κ1) is 25.6. The largest absolute Gasteiger partial charge is 0.481 e. The van der Waals surface area contributed by atoms with Crippen molar-refractivity contribution in [2.24, 2.45) is 5.73 Å². The predicted molar refractivity (Wildman–Crippen MR) is 122 cm³/mol. The number of hydrogen-bond donors (Lipinski definition) is 3. The number of nitrogens with one attached hydrogen (secondary N) is 1. The average molecular weight is 501 g/mol. The number of amidine groups is 1. The highest BCUT2D eigenvalue weighted by molar-refractivity contribution is 7.89. The van der Waals surface area contributed by atoms with Crippen molar-refractivity contribution in [1.82, 2.24) is 9.21 Å². The summed E-state index contributed by atoms with van der Waals surface area (Å²) in [5.74, 6) is -1.11. The second-order valence-corrected chi connectivity index (χ2v) is 9.45. The molecule has 4 N–H and O–H groups in total. The fourth-order valence-electron chi connectivity index (χ4n) is 2.93. The van der Waals surface area contributed by atoms with Crippen LogP contribution in [0.1, 0.15) is 22.8 Å². The van der Waals surface area contributed by atoms with Gasteiger partial charge in [0, 0.05) is 44.2 Å². The van der Waals surface area contributed by atoms with Gasteiger partial charge in [0.25, 0.3) is 11.9 Å². The molecule has 12 heteroatoms. The molecule has 0 saturated carbocycles. The molecule has 0 aromatic heterocycles. The second kappa shape index (κ2) is 10.8. The van der Waals surface area contributed by atoms with Crippen molar-refractivity contribution in [3.05, 3.63) is 63.6 Å². The average Bonchev–Trinajstić information content (AvgIpc) is 2.75. The number of carbonyl (C=O) groups excluding carboxylic acids is 1. The van der Waals surface area contributed by atoms with Gasteiger partial charge < -0.3 is 15.7 Å². The molecule has 1 aliphatic heterocycles. The lowest BCUT2D eigenvalue weighted by molar-refractivity contribution is -0.134. The molecule has 0 aliphatic carbocycles. The summed E-state index contributed by atoms with van der Waals surface area (Å²) in [7, 11) is -3.80. The summed E-state index contributed by atoms with van der Waals surface area (Å²) in [6.45, 7) is 1.90. The lowest BCUT2D eigenvalue weighted by atomic mass is 10.1. The van der Waals surface area contributed by atoms with Crippen LogP contribution in [0, 0.1) is 5.41 Å². The van der Waals surface area contributed by atoms with Gasteiger partial charge in [-0.1, -0.05) is 41.4 Å². The number of nitrogen functional groups attached to an aromatic ring is 1. The quantitative estimate of drug-likeness (QED) is 0.434. The summed E-state index contributed by atoms with van der Waals surface area (Å²) in [6, 6.07) is 10.9. The summed E-state index contributed by atoms with van der Waals surface area (Å²) in [4.78, 5) is 23.2. The normalized spacial score (nSPS) is 14.3. The number of piperazine rings is 1. The lowest BCUT2D eigenvalue weighted by Crippen LogP contribution is -2.50. The molecule has 1 aliphatic rings. The van der Waals surface area contributed by atoms with Crippen molar-refractivity contribution >= 4 is 50.9 Å². The van der Waals surface area contributed by atoms with Gasteiger partial charge in [0.05, 0.1) is 10.0 Å². The number of aliphatic carboxylic acids is 1. The molecule has 0 atom stereocenters. The van der Waals surface area contributed by atoms with Crippen molar-refractivity contribution in [2.45, 2.75) is 11.8 Å². The molecule has 1 saturated heterocycles. The zero-order chi connectivity index (χ0) is 24.1. The molecule has 1 amide bonds. The van der Waals surface area contributed by atoms with Crippen molar-refractivity contribution < 1.29 is 23.1 Å². The molecule has 0 unspecified atom stereocenters. The second-order valence-electron chi connectivity index (χ2n) is 6.76. The Labute approximate surface area is 195 Å². The molecule has 32 heavy (non-hydrogen) atoms. The number of amides is 1. The maximum Gasteiger partial charge on any atom is 0.300 e. The Hall–Kier alpha value is -2.66. The zero-order valence-corrected chi connectivity index (χ0v) is 19.4. The topological polar surface area (TPSA) is 145 Å². The third-order valence-electron chi connectivity index (χ3n) is 4.50. The standard InChI is InChI=1S/C18H18Cl2N4O3S.C2H4O2/c19-14-2-1-3-15(16(14)20)28(26,27)24-10-8-23(9-11-24)18(25)13-6-4-12(5-7-13)17(21)22;1-2(3)4/h1-7H,8-11H2,(H3,21,22);1H3,(H,3,4). The Kier molecular flexibility index (Phi) is 8.62. The number of sulfonamides is 1. The van der Waals surface area contributed by atoms with E-state index in [0.29, 0.717) is 11.1 Å². The van der Waals surface area contributed by atoms with Crippen molar-refractivity contribution in [1.29, 1.82) is 5.41 Å². The van der Waals surface area contributed by atoms with Crippen LogP contribution in [0.15, 0.2) is 47.4 Å². The summed E-state index contributed by atoms with van der Waals surface area (Å²) in [5.41, 5.74) is 6.41. The first-order valence-electron chi connectivity index (χ1n) is 9.32. The summed E-state index contributed by atoms with van der Waals surface area (Å²) < 4.78 is 27.0. The van der Waals surface area contributed by atoms with Gasteiger partial charge in [-0.15, -0.1) is 0 Å². The fraction of sp³-hybridized carbons (Fsp3) is 0.250. The molecule has 2 aromatic rings. The van der Waals surface area contributed by atoms with E-state index in [4.69, 9.17) is 44.2 Å². The van der Waals surface area contributed by atoms with Crippen LogP contribution >= 0.6 is 23.2 Å². The third-order valence-corrected chi connectivity index (χ3v) is 7.37. The van der Waals surface area contributed by atoms with Crippen LogP contribution in [-0.2, 0) is 14.8 Å². The molecule has 2 aromatic carbocycles. The summed E-state index contributed by atoms with van der Waals surface area (Å²) in [5, 5.41) is 15.0. The Morgan fingerprint density at radius 3 is 2.00 bits per heavy atom. The minimum atomic E-state index is -3.80. The molecule has 1 heterocycles. The number of carboxylic acids is 1. The van der Waals surface area contributed by atoms with E-state index in [2.05, 4.69) is 0 Å². The van der Waals surface area contributed by atoms with Gasteiger partial charge in [-0.2, -0.15) is 4.31 Å². The van der Waals surface area contributed by atoms with Crippen molar-refractivity contribution in [3.63, 3.8) is 0 Å². The van der Waals surface area contributed by atoms with Crippen LogP contribution in [0.25, 0.3) is 0 Å². The molecule has 1 fully saturated rings. The minimum Gasteiger partial charge on any atom is -0.481 e. The van der Waals surface area contributed by atoms with Gasteiger partial charge in [0.2, 0.25) is 10.0 Å². The van der Waals surface area contributed by atoms with Crippen molar-refractivity contribution in [3.8, 4) is 0 Å². The van der Waals surface area contributed by atoms with Crippen LogP contribution < -0.4 is 5.73 Å². The fourth-order valence-corrected chi connectivity index (χ4v) is 5.09. The highest BCUT2D eigenvalue weighted by Crippen LogP contribution is 2.31. The van der Waals surface area contributed by atoms with E-state index >= 15 is 0 Å². The minimum absolute atomic E-state index is 0.00627. The van der Waals surface area contributed by atoms with Gasteiger partial charge in [-0.3, -0.25) is 15.0 Å². The Bertz CT molecular complexity index is 1110. The van der Waals surface area contributed by atoms with E-state index in [9.17, 15) is 13.2 Å². The Morgan fingerprint density at radius 1 is 1.00 bits per heavy atom. The first-order chi connectivity index (χ1) is 14.9. The molecule has 0 spiro atoms. The van der Waals surface area contributed by atoms with Gasteiger partial charge in [0.1, 0.15) is 10.7 Å². The number of halogens is 2. The summed E-state index contributed by atoms with van der Waals surface area (Å²) in [6.07, 6.45) is 0. The molecular formula is C20H22Cl2N4O5S. The highest BCUT2D eigenvalue weighted by atomic mass is 35.5. The van der Waals surface area contributed by atoms with Gasteiger partial charge >= 0.3 is 0 Å². The Balaban J connectivity index is 0.000000837. The number of hydrogen-bond acceptors (Lipinski definition) is 5. The third kappa shape index (κ3) is 6.19. The number of nitrogens with two attached hydrogens (primary N) is 1. The van der Waals surface area contributed by atoms with E-state index in [0.717, 1.165) is 6.92 Å². The van der Waals surface area contributed by atoms with Crippen LogP contribution in [0.5, 0.6) is 0 Å². The van der Waals surface area contributed by atoms with Crippen molar-refractivity contribution in [2.75, 3.05) is 26.2 Å². The van der Waals surface area contributed by atoms with Gasteiger partial charge in [-0.05, 0) is 24.3 Å². The van der Waals surface area contributed by atoms with E-state index in [1.54, 1.807) is 29.2 Å². The van der Waals surface area contributed by atoms with Crippen LogP contribution in [0.2, 0.25) is 10.0 Å². The number of nitrogens with zero attached hydrogens (tertiary/aromatic N) is 2. The maximum atomic E-state index is 12.9. The molecule has 0 bridgehead atoms. The monoisotopic (exact) mass is 500 g/mol. The highest BCUT2D eigenvalue weighted by Gasteiger charge is 2.32. The van der Waals surface area contributed by atoms with E-state index < -0.39 is 16.0 Å². The number of carbonyl (C=O) groups is 2. The molecule has 3 rings (SSSR count). The van der Waals surface area contributed by atoms with Gasteiger partial charge in [0.15, 0.2) is 0 Å². The number of benzene rings is 2. The SMILES string of the molecule is CC(=O)O.N=C(N)c1ccc(C(=O)N2CCN(S(=O)(=O)c3cccc(Cl)c3Cl)CC2)cc1. The summed E-state index contributed by atoms with van der Waals surface area (Å²) >= 11 is 12.0. The first-order valence-corrected chi connectivity index (χ1v) is 11.5. The van der Waals surface area contributed by atoms with Gasteiger partial charge in [-0.25, -0.2) is 8.42 Å². The molecular weight excluding hydrogens is 479 g/mol. The number of carboxylic acid groups (broad SMARTS) is 1.